The Morgan fingerprint density at radius 1 is 1.25 bits per heavy atom. The van der Waals surface area contributed by atoms with Crippen LogP contribution < -0.4 is 11.1 Å². The molecule has 0 aromatic heterocycles. The van der Waals surface area contributed by atoms with Gasteiger partial charge in [0, 0.05) is 18.0 Å². The quantitative estimate of drug-likeness (QED) is 0.541. The molecule has 1 fully saturated rings. The Kier molecular flexibility index (Phi) is 7.82. The molecule has 0 bridgehead atoms. The Bertz CT molecular complexity index is 990. The molecule has 0 saturated carbocycles. The number of hydrogen-bond donors (Lipinski definition) is 3. The van der Waals surface area contributed by atoms with Gasteiger partial charge in [-0.2, -0.15) is 0 Å². The second-order valence-corrected chi connectivity index (χ2v) is 9.44. The van der Waals surface area contributed by atoms with Crippen molar-refractivity contribution in [3.8, 4) is 0 Å². The third-order valence-electron chi connectivity index (χ3n) is 5.44. The second kappa shape index (κ2) is 10.4. The van der Waals surface area contributed by atoms with Crippen molar-refractivity contribution in [2.45, 2.75) is 36.8 Å². The van der Waals surface area contributed by atoms with Crippen molar-refractivity contribution < 1.29 is 19.5 Å². The van der Waals surface area contributed by atoms with Gasteiger partial charge in [0.05, 0.1) is 5.88 Å². The third kappa shape index (κ3) is 5.26. The summed E-state index contributed by atoms with van der Waals surface area (Å²) in [6, 6.07) is 15.3. The van der Waals surface area contributed by atoms with Crippen LogP contribution in [0.3, 0.4) is 0 Å². The average Bonchev–Trinajstić information content (AvgIpc) is 3.15. The van der Waals surface area contributed by atoms with Crippen LogP contribution in [0.25, 0.3) is 0 Å². The fraction of sp³-hybridized carbons (Fsp3) is 0.304. The lowest BCUT2D eigenvalue weighted by Crippen LogP contribution is -2.59. The molecule has 4 N–H and O–H groups in total. The first kappa shape index (κ1) is 24.1. The van der Waals surface area contributed by atoms with E-state index in [1.54, 1.807) is 24.3 Å². The van der Waals surface area contributed by atoms with Crippen LogP contribution in [0.15, 0.2) is 54.6 Å². The normalized spacial score (nSPS) is 21.2. The lowest BCUT2D eigenvalue weighted by molar-refractivity contribution is -0.146. The summed E-state index contributed by atoms with van der Waals surface area (Å²) in [7, 11) is 0. The number of nitrogens with zero attached hydrogens (tertiary/aromatic N) is 1. The zero-order valence-electron chi connectivity index (χ0n) is 17.5. The average molecular weight is 475 g/mol. The van der Waals surface area contributed by atoms with E-state index >= 15 is 0 Å². The molecule has 9 heteroatoms. The molecule has 3 rings (SSSR count). The van der Waals surface area contributed by atoms with Crippen LogP contribution in [-0.2, 0) is 27.3 Å². The molecule has 3 atom stereocenters. The van der Waals surface area contributed by atoms with Gasteiger partial charge >= 0.3 is 0 Å². The summed E-state index contributed by atoms with van der Waals surface area (Å²) in [6.07, 6.45) is 0.427. The first-order chi connectivity index (χ1) is 15.2. The minimum absolute atomic E-state index is 0.0543. The Hall–Kier alpha value is -2.55. The van der Waals surface area contributed by atoms with E-state index in [1.165, 1.54) is 18.2 Å². The number of thioether (sulfide) groups is 1. The van der Waals surface area contributed by atoms with Crippen LogP contribution >= 0.6 is 23.4 Å². The molecular formula is C23H25ClN3O4S. The molecule has 3 amide bonds. The van der Waals surface area contributed by atoms with E-state index < -0.39 is 34.6 Å². The van der Waals surface area contributed by atoms with Gasteiger partial charge in [0.1, 0.15) is 16.9 Å². The predicted molar refractivity (Wildman–Crippen MR) is 124 cm³/mol. The second-order valence-electron chi connectivity index (χ2n) is 7.63. The number of aliphatic hydroxyl groups is 1. The number of carbonyl (C=O) groups excluding carboxylic acids is 3. The van der Waals surface area contributed by atoms with E-state index in [4.69, 9.17) is 17.3 Å². The lowest BCUT2D eigenvalue weighted by Gasteiger charge is -2.31. The predicted octanol–water partition coefficient (Wildman–Crippen LogP) is 1.91. The van der Waals surface area contributed by atoms with E-state index in [9.17, 15) is 19.5 Å². The van der Waals surface area contributed by atoms with Gasteiger partial charge in [-0.25, -0.2) is 0 Å². The number of benzene rings is 2. The van der Waals surface area contributed by atoms with Gasteiger partial charge in [0.15, 0.2) is 0 Å². The van der Waals surface area contributed by atoms with Crippen molar-refractivity contribution in [3.63, 3.8) is 0 Å². The fourth-order valence-electron chi connectivity index (χ4n) is 3.50. The summed E-state index contributed by atoms with van der Waals surface area (Å²) < 4.78 is -1.33. The monoisotopic (exact) mass is 474 g/mol. The SMILES string of the molecule is CC1(C(N)=O)SCN(C(=O)C(O)[CH]Cc2ccccc2)C1C(=O)NCc1ccccc1Cl. The molecule has 0 aliphatic carbocycles. The number of aliphatic hydroxyl groups excluding tert-OH is 1. The molecule has 7 nitrogen and oxygen atoms in total. The minimum atomic E-state index is -1.43. The van der Waals surface area contributed by atoms with Crippen molar-refractivity contribution in [1.29, 1.82) is 0 Å². The summed E-state index contributed by atoms with van der Waals surface area (Å²) >= 11 is 7.25. The Morgan fingerprint density at radius 3 is 2.56 bits per heavy atom. The summed E-state index contributed by atoms with van der Waals surface area (Å²) in [4.78, 5) is 39.5. The maximum atomic E-state index is 13.1. The van der Waals surface area contributed by atoms with E-state index in [1.807, 2.05) is 30.3 Å². The Labute approximate surface area is 196 Å². The number of primary amides is 1. The topological polar surface area (TPSA) is 113 Å². The van der Waals surface area contributed by atoms with Crippen molar-refractivity contribution >= 4 is 41.1 Å². The van der Waals surface area contributed by atoms with Crippen LogP contribution in [0.4, 0.5) is 0 Å². The van der Waals surface area contributed by atoms with Crippen molar-refractivity contribution in [1.82, 2.24) is 10.2 Å². The van der Waals surface area contributed by atoms with Crippen LogP contribution in [0.2, 0.25) is 5.02 Å². The summed E-state index contributed by atoms with van der Waals surface area (Å²) in [5.74, 6) is -1.85. The van der Waals surface area contributed by atoms with Crippen LogP contribution in [-0.4, -0.2) is 50.5 Å². The highest BCUT2D eigenvalue weighted by molar-refractivity contribution is 8.01. The van der Waals surface area contributed by atoms with Crippen molar-refractivity contribution in [3.05, 3.63) is 77.2 Å². The molecule has 1 radical (unpaired) electrons. The first-order valence-electron chi connectivity index (χ1n) is 10.0. The van der Waals surface area contributed by atoms with Gasteiger partial charge in [-0.05, 0) is 30.5 Å². The molecule has 1 aliphatic rings. The number of carbonyl (C=O) groups is 3. The highest BCUT2D eigenvalue weighted by Crippen LogP contribution is 2.40. The Balaban J connectivity index is 1.73. The zero-order valence-corrected chi connectivity index (χ0v) is 19.1. The number of nitrogens with one attached hydrogen (secondary N) is 1. The molecule has 1 heterocycles. The highest BCUT2D eigenvalue weighted by atomic mass is 35.5. The van der Waals surface area contributed by atoms with Crippen molar-refractivity contribution in [2.75, 3.05) is 5.88 Å². The Morgan fingerprint density at radius 2 is 1.91 bits per heavy atom. The first-order valence-corrected chi connectivity index (χ1v) is 11.4. The molecule has 169 valence electrons. The summed E-state index contributed by atoms with van der Waals surface area (Å²) in [6.45, 7) is 1.66. The number of nitrogens with two attached hydrogens (primary N) is 1. The van der Waals surface area contributed by atoms with Gasteiger partial charge in [0.2, 0.25) is 11.8 Å². The minimum Gasteiger partial charge on any atom is -0.383 e. The largest absolute Gasteiger partial charge is 0.383 e. The van der Waals surface area contributed by atoms with Gasteiger partial charge in [-0.1, -0.05) is 60.1 Å². The van der Waals surface area contributed by atoms with Gasteiger partial charge in [-0.3, -0.25) is 14.4 Å². The molecule has 2 aromatic carbocycles. The van der Waals surface area contributed by atoms with E-state index in [0.717, 1.165) is 17.3 Å². The lowest BCUT2D eigenvalue weighted by atomic mass is 9.96. The smallest absolute Gasteiger partial charge is 0.253 e. The molecule has 3 unspecified atom stereocenters. The van der Waals surface area contributed by atoms with Crippen LogP contribution in [0.5, 0.6) is 0 Å². The molecule has 2 aromatic rings. The van der Waals surface area contributed by atoms with Gasteiger partial charge < -0.3 is 21.1 Å². The standard InChI is InChI=1S/C23H25ClN3O4S/c1-23(22(25)31)19(20(29)26-13-16-9-5-6-10-17(16)24)27(14-32-23)21(30)18(28)12-11-15-7-3-2-4-8-15/h2-10,12,18-19,28H,11,13-14H2,1H3,(H2,25,31)(H,26,29). The van der Waals surface area contributed by atoms with E-state index in [0.29, 0.717) is 17.0 Å². The maximum Gasteiger partial charge on any atom is 0.253 e. The molecule has 32 heavy (non-hydrogen) atoms. The summed E-state index contributed by atoms with van der Waals surface area (Å²) in [5, 5.41) is 13.7. The molecule has 1 saturated heterocycles. The van der Waals surface area contributed by atoms with Crippen LogP contribution in [0, 0.1) is 6.42 Å². The molecule has 1 aliphatic heterocycles. The van der Waals surface area contributed by atoms with Gasteiger partial charge in [-0.15, -0.1) is 11.8 Å². The fourth-order valence-corrected chi connectivity index (χ4v) is 4.92. The zero-order chi connectivity index (χ0) is 23.3. The van der Waals surface area contributed by atoms with E-state index in [-0.39, 0.29) is 12.4 Å². The highest BCUT2D eigenvalue weighted by Gasteiger charge is 2.55. The number of amides is 3. The van der Waals surface area contributed by atoms with E-state index in [2.05, 4.69) is 5.32 Å². The number of hydrogen-bond acceptors (Lipinski definition) is 5. The van der Waals surface area contributed by atoms with Gasteiger partial charge in [0.25, 0.3) is 5.91 Å². The number of rotatable bonds is 8. The maximum absolute atomic E-state index is 13.1. The molecular weight excluding hydrogens is 450 g/mol. The van der Waals surface area contributed by atoms with Crippen LogP contribution in [0.1, 0.15) is 18.1 Å². The molecule has 0 spiro atoms. The summed E-state index contributed by atoms with van der Waals surface area (Å²) in [5.41, 5.74) is 7.23. The number of halogens is 1. The third-order valence-corrected chi connectivity index (χ3v) is 7.24. The van der Waals surface area contributed by atoms with Crippen molar-refractivity contribution in [2.24, 2.45) is 5.73 Å².